The number of anilines is 1. The molecule has 1 aromatic heterocycles. The molecule has 90 valence electrons. The highest BCUT2D eigenvalue weighted by molar-refractivity contribution is 5.79. The molecule has 0 spiro atoms. The molecule has 0 amide bonds. The number of aromatic nitrogens is 2. The first-order valence-corrected chi connectivity index (χ1v) is 5.53. The molecular formula is C12H15N3O2. The quantitative estimate of drug-likeness (QED) is 0.827. The summed E-state index contributed by atoms with van der Waals surface area (Å²) in [5.41, 5.74) is 2.99. The predicted octanol–water partition coefficient (Wildman–Crippen LogP) is 1.86. The maximum absolute atomic E-state index is 10.4. The van der Waals surface area contributed by atoms with Crippen LogP contribution in [0.4, 0.5) is 5.69 Å². The average Bonchev–Trinajstić information content (AvgIpc) is 2.75. The molecule has 1 heterocycles. The molecule has 0 saturated carbocycles. The van der Waals surface area contributed by atoms with E-state index in [4.69, 9.17) is 5.11 Å². The van der Waals surface area contributed by atoms with Crippen LogP contribution in [0.3, 0.4) is 0 Å². The molecule has 5 heteroatoms. The Kier molecular flexibility index (Phi) is 3.27. The van der Waals surface area contributed by atoms with Crippen LogP contribution >= 0.6 is 0 Å². The van der Waals surface area contributed by atoms with Crippen molar-refractivity contribution >= 4 is 22.7 Å². The minimum absolute atomic E-state index is 0.205. The number of carboxylic acids is 1. The first-order chi connectivity index (χ1) is 8.16. The second kappa shape index (κ2) is 4.86. The minimum atomic E-state index is -0.748. The summed E-state index contributed by atoms with van der Waals surface area (Å²) in [4.78, 5) is 19.7. The van der Waals surface area contributed by atoms with Gasteiger partial charge in [0, 0.05) is 25.7 Å². The number of carboxylic acid groups (broad SMARTS) is 1. The van der Waals surface area contributed by atoms with Crippen molar-refractivity contribution in [2.24, 2.45) is 0 Å². The SMILES string of the molecule is CN(CCCC(=O)O)c1ccc2nc[nH]c2c1. The Labute approximate surface area is 99.1 Å². The van der Waals surface area contributed by atoms with Crippen LogP contribution < -0.4 is 4.90 Å². The average molecular weight is 233 g/mol. The van der Waals surface area contributed by atoms with Gasteiger partial charge in [-0.1, -0.05) is 0 Å². The van der Waals surface area contributed by atoms with Gasteiger partial charge in [-0.3, -0.25) is 4.79 Å². The molecule has 0 saturated heterocycles. The summed E-state index contributed by atoms with van der Waals surface area (Å²) < 4.78 is 0. The van der Waals surface area contributed by atoms with Crippen LogP contribution in [0.5, 0.6) is 0 Å². The van der Waals surface area contributed by atoms with Gasteiger partial charge in [-0.2, -0.15) is 0 Å². The number of nitrogens with zero attached hydrogens (tertiary/aromatic N) is 2. The Morgan fingerprint density at radius 3 is 3.12 bits per heavy atom. The fraction of sp³-hybridized carbons (Fsp3) is 0.333. The standard InChI is InChI=1S/C12H15N3O2/c1-15(6-2-3-12(16)17)9-4-5-10-11(7-9)14-8-13-10/h4-5,7-8H,2-3,6H2,1H3,(H,13,14)(H,16,17). The van der Waals surface area contributed by atoms with E-state index in [0.717, 1.165) is 23.3 Å². The Balaban J connectivity index is 2.02. The van der Waals surface area contributed by atoms with Crippen LogP contribution in [-0.2, 0) is 4.79 Å². The number of hydrogen-bond acceptors (Lipinski definition) is 3. The lowest BCUT2D eigenvalue weighted by Gasteiger charge is -2.18. The zero-order chi connectivity index (χ0) is 12.3. The molecule has 0 atom stereocenters. The van der Waals surface area contributed by atoms with Gasteiger partial charge in [-0.25, -0.2) is 4.98 Å². The van der Waals surface area contributed by atoms with Gasteiger partial charge in [0.25, 0.3) is 0 Å². The van der Waals surface area contributed by atoms with Gasteiger partial charge >= 0.3 is 5.97 Å². The Morgan fingerprint density at radius 2 is 2.35 bits per heavy atom. The Hall–Kier alpha value is -2.04. The summed E-state index contributed by atoms with van der Waals surface area (Å²) in [7, 11) is 1.96. The number of fused-ring (bicyclic) bond motifs is 1. The summed E-state index contributed by atoms with van der Waals surface area (Å²) in [6.07, 6.45) is 2.52. The highest BCUT2D eigenvalue weighted by atomic mass is 16.4. The smallest absolute Gasteiger partial charge is 0.303 e. The molecule has 0 aliphatic carbocycles. The molecule has 2 aromatic rings. The number of benzene rings is 1. The fourth-order valence-corrected chi connectivity index (χ4v) is 1.76. The summed E-state index contributed by atoms with van der Waals surface area (Å²) in [5, 5.41) is 8.58. The topological polar surface area (TPSA) is 69.2 Å². The van der Waals surface area contributed by atoms with E-state index in [9.17, 15) is 4.79 Å². The molecule has 0 fully saturated rings. The zero-order valence-electron chi connectivity index (χ0n) is 9.68. The number of H-pyrrole nitrogens is 1. The maximum Gasteiger partial charge on any atom is 0.303 e. The molecule has 1 aromatic carbocycles. The van der Waals surface area contributed by atoms with E-state index in [1.54, 1.807) is 6.33 Å². The highest BCUT2D eigenvalue weighted by Gasteiger charge is 2.04. The third-order valence-electron chi connectivity index (χ3n) is 2.73. The van der Waals surface area contributed by atoms with Gasteiger partial charge in [0.05, 0.1) is 17.4 Å². The van der Waals surface area contributed by atoms with Crippen molar-refractivity contribution in [3.05, 3.63) is 24.5 Å². The molecule has 0 bridgehead atoms. The molecule has 0 unspecified atom stereocenters. The summed E-state index contributed by atoms with van der Waals surface area (Å²) >= 11 is 0. The van der Waals surface area contributed by atoms with Crippen LogP contribution in [0.15, 0.2) is 24.5 Å². The number of aliphatic carboxylic acids is 1. The second-order valence-electron chi connectivity index (χ2n) is 4.02. The highest BCUT2D eigenvalue weighted by Crippen LogP contribution is 2.18. The lowest BCUT2D eigenvalue weighted by atomic mass is 10.2. The summed E-state index contributed by atoms with van der Waals surface area (Å²) in [6, 6.07) is 5.96. The number of hydrogen-bond donors (Lipinski definition) is 2. The van der Waals surface area contributed by atoms with Crippen molar-refractivity contribution in [2.45, 2.75) is 12.8 Å². The van der Waals surface area contributed by atoms with Crippen molar-refractivity contribution in [2.75, 3.05) is 18.5 Å². The molecule has 0 radical (unpaired) electrons. The van der Waals surface area contributed by atoms with Crippen molar-refractivity contribution < 1.29 is 9.90 Å². The number of imidazole rings is 1. The predicted molar refractivity (Wildman–Crippen MR) is 66.2 cm³/mol. The van der Waals surface area contributed by atoms with E-state index < -0.39 is 5.97 Å². The van der Waals surface area contributed by atoms with Crippen LogP contribution in [-0.4, -0.2) is 34.6 Å². The normalized spacial score (nSPS) is 10.6. The largest absolute Gasteiger partial charge is 0.481 e. The minimum Gasteiger partial charge on any atom is -0.481 e. The third-order valence-corrected chi connectivity index (χ3v) is 2.73. The second-order valence-corrected chi connectivity index (χ2v) is 4.02. The molecule has 2 rings (SSSR count). The first-order valence-electron chi connectivity index (χ1n) is 5.53. The van der Waals surface area contributed by atoms with Crippen molar-refractivity contribution in [1.82, 2.24) is 9.97 Å². The number of nitrogens with one attached hydrogen (secondary N) is 1. The summed E-state index contributed by atoms with van der Waals surface area (Å²) in [5.74, 6) is -0.748. The van der Waals surface area contributed by atoms with Crippen LogP contribution in [0.25, 0.3) is 11.0 Å². The van der Waals surface area contributed by atoms with Crippen LogP contribution in [0, 0.1) is 0 Å². The van der Waals surface area contributed by atoms with E-state index >= 15 is 0 Å². The van der Waals surface area contributed by atoms with Crippen LogP contribution in [0.1, 0.15) is 12.8 Å². The van der Waals surface area contributed by atoms with E-state index in [1.165, 1.54) is 0 Å². The molecular weight excluding hydrogens is 218 g/mol. The zero-order valence-corrected chi connectivity index (χ0v) is 9.68. The van der Waals surface area contributed by atoms with Crippen molar-refractivity contribution in [3.63, 3.8) is 0 Å². The molecule has 17 heavy (non-hydrogen) atoms. The van der Waals surface area contributed by atoms with Crippen molar-refractivity contribution in [3.8, 4) is 0 Å². The van der Waals surface area contributed by atoms with Gasteiger partial charge in [0.15, 0.2) is 0 Å². The fourth-order valence-electron chi connectivity index (χ4n) is 1.76. The number of carbonyl (C=O) groups is 1. The molecule has 5 nitrogen and oxygen atoms in total. The monoisotopic (exact) mass is 233 g/mol. The first kappa shape index (κ1) is 11.4. The van der Waals surface area contributed by atoms with Crippen LogP contribution in [0.2, 0.25) is 0 Å². The molecule has 0 aliphatic rings. The van der Waals surface area contributed by atoms with E-state index in [2.05, 4.69) is 9.97 Å². The Morgan fingerprint density at radius 1 is 1.53 bits per heavy atom. The van der Waals surface area contributed by atoms with Gasteiger partial charge in [0.1, 0.15) is 0 Å². The van der Waals surface area contributed by atoms with Crippen molar-refractivity contribution in [1.29, 1.82) is 0 Å². The van der Waals surface area contributed by atoms with Gasteiger partial charge < -0.3 is 15.0 Å². The maximum atomic E-state index is 10.4. The summed E-state index contributed by atoms with van der Waals surface area (Å²) in [6.45, 7) is 0.728. The van der Waals surface area contributed by atoms with E-state index in [1.807, 2.05) is 30.1 Å². The van der Waals surface area contributed by atoms with Gasteiger partial charge in [-0.05, 0) is 24.6 Å². The number of aromatic amines is 1. The lowest BCUT2D eigenvalue weighted by Crippen LogP contribution is -2.19. The number of rotatable bonds is 5. The third kappa shape index (κ3) is 2.75. The van der Waals surface area contributed by atoms with Gasteiger partial charge in [-0.15, -0.1) is 0 Å². The molecule has 2 N–H and O–H groups in total. The van der Waals surface area contributed by atoms with E-state index in [-0.39, 0.29) is 6.42 Å². The Bertz CT molecular complexity index is 521. The lowest BCUT2D eigenvalue weighted by molar-refractivity contribution is -0.137. The van der Waals surface area contributed by atoms with Gasteiger partial charge in [0.2, 0.25) is 0 Å². The molecule has 0 aliphatic heterocycles. The van der Waals surface area contributed by atoms with E-state index in [0.29, 0.717) is 6.42 Å².